The number of carbonyl (C=O) groups is 1. The minimum absolute atomic E-state index is 0.250. The molecule has 0 fully saturated rings. The number of carboxylic acids is 1. The van der Waals surface area contributed by atoms with Gasteiger partial charge in [-0.25, -0.2) is 12.8 Å². The second-order valence-corrected chi connectivity index (χ2v) is 4.76. The van der Waals surface area contributed by atoms with Gasteiger partial charge in [-0.1, -0.05) is 0 Å². The maximum atomic E-state index is 13.0. The number of nitrogens with one attached hydrogen (secondary N) is 1. The lowest BCUT2D eigenvalue weighted by atomic mass is 10.4. The molecule has 1 rings (SSSR count). The van der Waals surface area contributed by atoms with E-state index < -0.39 is 34.0 Å². The van der Waals surface area contributed by atoms with Crippen LogP contribution in [-0.4, -0.2) is 30.2 Å². The summed E-state index contributed by atoms with van der Waals surface area (Å²) in [6.45, 7) is 0. The number of hydrogen-bond donors (Lipinski definition) is 2. The van der Waals surface area contributed by atoms with Crippen LogP contribution in [0.25, 0.3) is 0 Å². The molecule has 88 valence electrons. The van der Waals surface area contributed by atoms with Crippen molar-refractivity contribution in [2.24, 2.45) is 0 Å². The third kappa shape index (κ3) is 3.81. The lowest BCUT2D eigenvalue weighted by molar-refractivity contribution is -0.136. The third-order valence-electron chi connectivity index (χ3n) is 1.62. The molecule has 0 bridgehead atoms. The lowest BCUT2D eigenvalue weighted by Gasteiger charge is -2.06. The van der Waals surface area contributed by atoms with Crippen molar-refractivity contribution in [3.05, 3.63) is 24.3 Å². The van der Waals surface area contributed by atoms with Crippen molar-refractivity contribution in [2.45, 2.75) is 6.42 Å². The van der Waals surface area contributed by atoms with Gasteiger partial charge in [-0.2, -0.15) is 0 Å². The minimum Gasteiger partial charge on any atom is -0.481 e. The molecule has 0 unspecified atom stereocenters. The average molecular weight is 248 g/mol. The third-order valence-corrected chi connectivity index (χ3v) is 2.90. The quantitative estimate of drug-likeness (QED) is 0.788. The summed E-state index contributed by atoms with van der Waals surface area (Å²) < 4.78 is 37.5. The number of aromatic nitrogens is 1. The number of carboxylic acid groups (broad SMARTS) is 1. The fraction of sp³-hybridized carbons (Fsp3) is 0.250. The Morgan fingerprint density at radius 1 is 1.56 bits per heavy atom. The van der Waals surface area contributed by atoms with Crippen LogP contribution in [0.3, 0.4) is 0 Å². The van der Waals surface area contributed by atoms with Crippen LogP contribution in [0.15, 0.2) is 18.5 Å². The van der Waals surface area contributed by atoms with Crippen LogP contribution >= 0.6 is 0 Å². The van der Waals surface area contributed by atoms with Crippen LogP contribution in [0.4, 0.5) is 10.1 Å². The number of sulfonamides is 1. The minimum atomic E-state index is -3.85. The first-order chi connectivity index (χ1) is 7.41. The Labute approximate surface area is 91.2 Å². The molecule has 1 aromatic rings. The molecule has 0 aliphatic carbocycles. The van der Waals surface area contributed by atoms with Gasteiger partial charge in [0.1, 0.15) is 0 Å². The van der Waals surface area contributed by atoms with Gasteiger partial charge in [0.15, 0.2) is 5.82 Å². The molecule has 0 radical (unpaired) electrons. The molecule has 2 N–H and O–H groups in total. The number of halogens is 1. The van der Waals surface area contributed by atoms with Gasteiger partial charge in [0.25, 0.3) is 0 Å². The van der Waals surface area contributed by atoms with E-state index in [-0.39, 0.29) is 5.69 Å². The molecular weight excluding hydrogens is 239 g/mol. The molecule has 0 aromatic carbocycles. The number of aliphatic carboxylic acids is 1. The molecule has 0 aliphatic heterocycles. The van der Waals surface area contributed by atoms with Crippen molar-refractivity contribution in [1.82, 2.24) is 4.98 Å². The van der Waals surface area contributed by atoms with Crippen molar-refractivity contribution in [1.29, 1.82) is 0 Å². The standard InChI is InChI=1S/C8H9FN2O4S/c9-6-5-10-3-1-7(6)11-16(14,15)4-2-8(12)13/h1,3,5H,2,4H2,(H,10,11)(H,12,13). The number of rotatable bonds is 5. The maximum Gasteiger partial charge on any atom is 0.304 e. The van der Waals surface area contributed by atoms with Crippen LogP contribution in [-0.2, 0) is 14.8 Å². The van der Waals surface area contributed by atoms with E-state index in [0.29, 0.717) is 0 Å². The first kappa shape index (κ1) is 12.4. The van der Waals surface area contributed by atoms with E-state index in [9.17, 15) is 17.6 Å². The predicted molar refractivity (Wildman–Crippen MR) is 53.9 cm³/mol. The van der Waals surface area contributed by atoms with Crippen molar-refractivity contribution >= 4 is 21.7 Å². The summed E-state index contributed by atoms with van der Waals surface area (Å²) in [4.78, 5) is 13.6. The van der Waals surface area contributed by atoms with E-state index in [0.717, 1.165) is 12.3 Å². The summed E-state index contributed by atoms with van der Waals surface area (Å²) in [6.07, 6.45) is 1.54. The van der Waals surface area contributed by atoms with Gasteiger partial charge in [-0.05, 0) is 6.07 Å². The van der Waals surface area contributed by atoms with Crippen LogP contribution in [0.2, 0.25) is 0 Å². The van der Waals surface area contributed by atoms with Crippen molar-refractivity contribution in [3.8, 4) is 0 Å². The molecule has 1 heterocycles. The second-order valence-electron chi connectivity index (χ2n) is 2.92. The number of anilines is 1. The summed E-state index contributed by atoms with van der Waals surface area (Å²) in [7, 11) is -3.85. The van der Waals surface area contributed by atoms with Crippen molar-refractivity contribution in [2.75, 3.05) is 10.5 Å². The Balaban J connectivity index is 2.73. The molecule has 0 amide bonds. The zero-order valence-electron chi connectivity index (χ0n) is 8.05. The first-order valence-corrected chi connectivity index (χ1v) is 5.88. The summed E-state index contributed by atoms with van der Waals surface area (Å²) in [5, 5.41) is 8.32. The van der Waals surface area contributed by atoms with Gasteiger partial charge in [-0.3, -0.25) is 14.5 Å². The van der Waals surface area contributed by atoms with E-state index >= 15 is 0 Å². The summed E-state index contributed by atoms with van der Waals surface area (Å²) >= 11 is 0. The Bertz CT molecular complexity index is 489. The Morgan fingerprint density at radius 2 is 2.25 bits per heavy atom. The predicted octanol–water partition coefficient (Wildman–Crippen LogP) is 0.437. The number of pyridine rings is 1. The molecule has 0 aliphatic rings. The average Bonchev–Trinajstić information content (AvgIpc) is 2.19. The highest BCUT2D eigenvalue weighted by Gasteiger charge is 2.14. The molecule has 0 saturated carbocycles. The second kappa shape index (κ2) is 4.88. The highest BCUT2D eigenvalue weighted by molar-refractivity contribution is 7.92. The van der Waals surface area contributed by atoms with E-state index in [1.54, 1.807) is 0 Å². The van der Waals surface area contributed by atoms with Crippen LogP contribution in [0, 0.1) is 5.82 Å². The van der Waals surface area contributed by atoms with E-state index in [4.69, 9.17) is 5.11 Å². The Hall–Kier alpha value is -1.70. The van der Waals surface area contributed by atoms with Gasteiger partial charge in [-0.15, -0.1) is 0 Å². The first-order valence-electron chi connectivity index (χ1n) is 4.22. The zero-order chi connectivity index (χ0) is 12.2. The molecule has 0 spiro atoms. The highest BCUT2D eigenvalue weighted by atomic mass is 32.2. The highest BCUT2D eigenvalue weighted by Crippen LogP contribution is 2.13. The molecule has 16 heavy (non-hydrogen) atoms. The number of nitrogens with zero attached hydrogens (tertiary/aromatic N) is 1. The monoisotopic (exact) mass is 248 g/mol. The fourth-order valence-corrected chi connectivity index (χ4v) is 1.94. The maximum absolute atomic E-state index is 13.0. The molecule has 6 nitrogen and oxygen atoms in total. The van der Waals surface area contributed by atoms with Crippen molar-refractivity contribution in [3.63, 3.8) is 0 Å². The molecule has 1 aromatic heterocycles. The normalized spacial score (nSPS) is 11.1. The van der Waals surface area contributed by atoms with Crippen LogP contribution < -0.4 is 4.72 Å². The lowest BCUT2D eigenvalue weighted by Crippen LogP contribution is -2.19. The Morgan fingerprint density at radius 3 is 2.81 bits per heavy atom. The zero-order valence-corrected chi connectivity index (χ0v) is 8.87. The summed E-state index contributed by atoms with van der Waals surface area (Å²) in [6, 6.07) is 1.15. The van der Waals surface area contributed by atoms with E-state index in [1.165, 1.54) is 6.20 Å². The Kier molecular flexibility index (Phi) is 3.78. The van der Waals surface area contributed by atoms with Gasteiger partial charge < -0.3 is 5.11 Å². The molecule has 8 heteroatoms. The van der Waals surface area contributed by atoms with Crippen LogP contribution in [0.5, 0.6) is 0 Å². The largest absolute Gasteiger partial charge is 0.481 e. The molecule has 0 saturated heterocycles. The van der Waals surface area contributed by atoms with Gasteiger partial charge >= 0.3 is 5.97 Å². The van der Waals surface area contributed by atoms with Crippen molar-refractivity contribution < 1.29 is 22.7 Å². The van der Waals surface area contributed by atoms with E-state index in [2.05, 4.69) is 4.98 Å². The fourth-order valence-electron chi connectivity index (χ4n) is 0.898. The van der Waals surface area contributed by atoms with Gasteiger partial charge in [0.05, 0.1) is 24.1 Å². The SMILES string of the molecule is O=C(O)CCS(=O)(=O)Nc1ccncc1F. The smallest absolute Gasteiger partial charge is 0.304 e. The van der Waals surface area contributed by atoms with Gasteiger partial charge in [0, 0.05) is 6.20 Å². The topological polar surface area (TPSA) is 96.4 Å². The molecule has 0 atom stereocenters. The molecular formula is C8H9FN2O4S. The van der Waals surface area contributed by atoms with Gasteiger partial charge in [0.2, 0.25) is 10.0 Å². The summed E-state index contributed by atoms with van der Waals surface area (Å²) in [5.74, 6) is -2.66. The van der Waals surface area contributed by atoms with Crippen LogP contribution in [0.1, 0.15) is 6.42 Å². The van der Waals surface area contributed by atoms with E-state index in [1.807, 2.05) is 4.72 Å². The number of hydrogen-bond acceptors (Lipinski definition) is 4. The summed E-state index contributed by atoms with van der Waals surface area (Å²) in [5.41, 5.74) is -0.250.